The summed E-state index contributed by atoms with van der Waals surface area (Å²) in [4.78, 5) is 38.0. The molecule has 0 saturated carbocycles. The van der Waals surface area contributed by atoms with Crippen LogP contribution in [-0.2, 0) is 20.1 Å². The first kappa shape index (κ1) is 21.8. The van der Waals surface area contributed by atoms with E-state index in [1.54, 1.807) is 18.4 Å². The van der Waals surface area contributed by atoms with Crippen LogP contribution in [0.2, 0.25) is 0 Å². The Morgan fingerprint density at radius 2 is 1.90 bits per heavy atom. The number of nitro benzene ring substituents is 1. The highest BCUT2D eigenvalue weighted by Gasteiger charge is 2.39. The maximum atomic E-state index is 13.1. The molecule has 1 aliphatic rings. The number of ether oxygens (including phenoxy) is 1. The normalized spacial score (nSPS) is 14.3. The van der Waals surface area contributed by atoms with E-state index in [0.29, 0.717) is 35.0 Å². The third-order valence-electron chi connectivity index (χ3n) is 4.41. The molecule has 30 heavy (non-hydrogen) atoms. The summed E-state index contributed by atoms with van der Waals surface area (Å²) in [6.07, 6.45) is 2.15. The largest absolute Gasteiger partial charge is 0.468 e. The Balaban J connectivity index is 1.84. The van der Waals surface area contributed by atoms with Gasteiger partial charge in [-0.2, -0.15) is 0 Å². The number of carbonyl (C=O) groups is 2. The molecule has 0 bridgehead atoms. The molecule has 1 aliphatic heterocycles. The zero-order chi connectivity index (χ0) is 21.7. The fourth-order valence-corrected chi connectivity index (χ4v) is 4.01. The van der Waals surface area contributed by atoms with Gasteiger partial charge in [0, 0.05) is 25.3 Å². The number of hydrogen-bond donors (Lipinski definition) is 0. The van der Waals surface area contributed by atoms with Gasteiger partial charge in [0.1, 0.15) is 5.76 Å². The summed E-state index contributed by atoms with van der Waals surface area (Å²) >= 11 is 1.22. The van der Waals surface area contributed by atoms with E-state index in [1.165, 1.54) is 40.9 Å². The van der Waals surface area contributed by atoms with Gasteiger partial charge in [0.2, 0.25) is 0 Å². The van der Waals surface area contributed by atoms with E-state index in [9.17, 15) is 19.7 Å². The van der Waals surface area contributed by atoms with Crippen molar-refractivity contribution < 1.29 is 23.7 Å². The molecular formula is C21H22N2O6S. The average Bonchev–Trinajstić information content (AvgIpc) is 3.31. The monoisotopic (exact) mass is 430 g/mol. The Labute approximate surface area is 178 Å². The second kappa shape index (κ2) is 9.73. The molecule has 9 heteroatoms. The number of rotatable bonds is 10. The van der Waals surface area contributed by atoms with Gasteiger partial charge in [0.05, 0.1) is 33.5 Å². The van der Waals surface area contributed by atoms with Crippen LogP contribution >= 0.6 is 11.8 Å². The Kier molecular flexibility index (Phi) is 7.07. The van der Waals surface area contributed by atoms with Gasteiger partial charge in [-0.05, 0) is 50.1 Å². The first-order chi connectivity index (χ1) is 14.4. The number of amides is 2. The molecule has 0 atom stereocenters. The number of hydrogen-bond acceptors (Lipinski definition) is 7. The smallest absolute Gasteiger partial charge is 0.269 e. The SMILES string of the molecule is CC(C)OCCCN1C(=O)C(SCc2ccco2)=C(c2ccc([N+](=O)[O-])cc2)C1=O. The fourth-order valence-electron chi connectivity index (χ4n) is 2.97. The van der Waals surface area contributed by atoms with Crippen LogP contribution in [0.4, 0.5) is 5.69 Å². The molecule has 2 aromatic rings. The Morgan fingerprint density at radius 1 is 1.17 bits per heavy atom. The molecule has 0 fully saturated rings. The van der Waals surface area contributed by atoms with Crippen LogP contribution in [0.25, 0.3) is 5.57 Å². The van der Waals surface area contributed by atoms with Crippen molar-refractivity contribution in [1.29, 1.82) is 0 Å². The summed E-state index contributed by atoms with van der Waals surface area (Å²) < 4.78 is 10.8. The summed E-state index contributed by atoms with van der Waals surface area (Å²) in [5.41, 5.74) is 0.654. The van der Waals surface area contributed by atoms with Crippen LogP contribution in [0.1, 0.15) is 31.6 Å². The predicted molar refractivity (Wildman–Crippen MR) is 112 cm³/mol. The molecule has 2 amide bonds. The van der Waals surface area contributed by atoms with Crippen molar-refractivity contribution in [3.05, 3.63) is 69.0 Å². The first-order valence-electron chi connectivity index (χ1n) is 9.50. The molecule has 0 unspecified atom stereocenters. The molecule has 0 N–H and O–H groups in total. The fraction of sp³-hybridized carbons (Fsp3) is 0.333. The van der Waals surface area contributed by atoms with Crippen molar-refractivity contribution in [3.8, 4) is 0 Å². The Hall–Kier alpha value is -2.91. The van der Waals surface area contributed by atoms with Crippen molar-refractivity contribution in [2.24, 2.45) is 0 Å². The molecule has 8 nitrogen and oxygen atoms in total. The van der Waals surface area contributed by atoms with Crippen LogP contribution in [0.3, 0.4) is 0 Å². The number of benzene rings is 1. The summed E-state index contributed by atoms with van der Waals surface area (Å²) in [5, 5.41) is 10.9. The lowest BCUT2D eigenvalue weighted by Gasteiger charge is -2.15. The minimum absolute atomic E-state index is 0.0724. The number of thioether (sulfide) groups is 1. The second-order valence-electron chi connectivity index (χ2n) is 6.91. The van der Waals surface area contributed by atoms with Crippen LogP contribution < -0.4 is 0 Å². The summed E-state index contributed by atoms with van der Waals surface area (Å²) in [6.45, 7) is 4.52. The van der Waals surface area contributed by atoms with Gasteiger partial charge in [0.25, 0.3) is 17.5 Å². The molecule has 0 spiro atoms. The summed E-state index contributed by atoms with van der Waals surface area (Å²) in [6, 6.07) is 9.20. The van der Waals surface area contributed by atoms with Gasteiger partial charge in [-0.3, -0.25) is 24.6 Å². The van der Waals surface area contributed by atoms with Gasteiger partial charge in [-0.25, -0.2) is 0 Å². The molecule has 3 rings (SSSR count). The van der Waals surface area contributed by atoms with Crippen molar-refractivity contribution in [2.75, 3.05) is 13.2 Å². The number of furan rings is 1. The quantitative estimate of drug-likeness (QED) is 0.243. The molecule has 1 aromatic heterocycles. The lowest BCUT2D eigenvalue weighted by Crippen LogP contribution is -2.33. The van der Waals surface area contributed by atoms with Crippen LogP contribution in [-0.4, -0.2) is 40.9 Å². The second-order valence-corrected chi connectivity index (χ2v) is 7.90. The van der Waals surface area contributed by atoms with Crippen molar-refractivity contribution in [1.82, 2.24) is 4.90 Å². The number of imide groups is 1. The zero-order valence-corrected chi connectivity index (χ0v) is 17.5. The third kappa shape index (κ3) is 4.98. The molecule has 0 aliphatic carbocycles. The number of non-ortho nitro benzene ring substituents is 1. The summed E-state index contributed by atoms with van der Waals surface area (Å²) in [7, 11) is 0. The van der Waals surface area contributed by atoms with E-state index in [-0.39, 0.29) is 29.8 Å². The molecule has 158 valence electrons. The molecule has 1 aromatic carbocycles. The van der Waals surface area contributed by atoms with E-state index in [1.807, 2.05) is 13.8 Å². The maximum absolute atomic E-state index is 13.1. The lowest BCUT2D eigenvalue weighted by atomic mass is 10.1. The zero-order valence-electron chi connectivity index (χ0n) is 16.7. The van der Waals surface area contributed by atoms with Crippen molar-refractivity contribution >= 4 is 34.8 Å². The molecule has 0 radical (unpaired) electrons. The summed E-state index contributed by atoms with van der Waals surface area (Å²) in [5.74, 6) is 0.302. The van der Waals surface area contributed by atoms with E-state index >= 15 is 0 Å². The Morgan fingerprint density at radius 3 is 2.50 bits per heavy atom. The van der Waals surface area contributed by atoms with E-state index in [2.05, 4.69) is 0 Å². The first-order valence-corrected chi connectivity index (χ1v) is 10.5. The standard InChI is InChI=1S/C21H22N2O6S/c1-14(2)28-12-4-10-22-20(24)18(15-6-8-16(9-7-15)23(26)27)19(21(22)25)30-13-17-5-3-11-29-17/h3,5-9,11,14H,4,10,12-13H2,1-2H3. The number of nitro groups is 1. The van der Waals surface area contributed by atoms with E-state index < -0.39 is 10.8 Å². The number of carbonyl (C=O) groups excluding carboxylic acids is 2. The Bertz CT molecular complexity index is 950. The van der Waals surface area contributed by atoms with Gasteiger partial charge in [0.15, 0.2) is 0 Å². The van der Waals surface area contributed by atoms with Gasteiger partial charge in [-0.1, -0.05) is 0 Å². The van der Waals surface area contributed by atoms with Crippen LogP contribution in [0.5, 0.6) is 0 Å². The van der Waals surface area contributed by atoms with E-state index in [4.69, 9.17) is 9.15 Å². The minimum atomic E-state index is -0.507. The topological polar surface area (TPSA) is 103 Å². The van der Waals surface area contributed by atoms with Crippen LogP contribution in [0, 0.1) is 10.1 Å². The minimum Gasteiger partial charge on any atom is -0.468 e. The van der Waals surface area contributed by atoms with Crippen molar-refractivity contribution in [3.63, 3.8) is 0 Å². The van der Waals surface area contributed by atoms with Crippen LogP contribution in [0.15, 0.2) is 52.0 Å². The molecular weight excluding hydrogens is 408 g/mol. The third-order valence-corrected chi connectivity index (χ3v) is 5.50. The highest BCUT2D eigenvalue weighted by atomic mass is 32.2. The maximum Gasteiger partial charge on any atom is 0.269 e. The highest BCUT2D eigenvalue weighted by molar-refractivity contribution is 8.03. The molecule has 2 heterocycles. The van der Waals surface area contributed by atoms with Gasteiger partial charge < -0.3 is 9.15 Å². The van der Waals surface area contributed by atoms with Gasteiger partial charge >= 0.3 is 0 Å². The highest BCUT2D eigenvalue weighted by Crippen LogP contribution is 2.38. The predicted octanol–water partition coefficient (Wildman–Crippen LogP) is 4.02. The van der Waals surface area contributed by atoms with E-state index in [0.717, 1.165) is 0 Å². The average molecular weight is 430 g/mol. The molecule has 0 saturated heterocycles. The lowest BCUT2D eigenvalue weighted by molar-refractivity contribution is -0.384. The number of nitrogens with zero attached hydrogens (tertiary/aromatic N) is 2. The van der Waals surface area contributed by atoms with Gasteiger partial charge in [-0.15, -0.1) is 11.8 Å². The van der Waals surface area contributed by atoms with Crippen molar-refractivity contribution in [2.45, 2.75) is 32.1 Å².